The highest BCUT2D eigenvalue weighted by Crippen LogP contribution is 2.15. The van der Waals surface area contributed by atoms with Crippen LogP contribution in [-0.4, -0.2) is 55.7 Å². The van der Waals surface area contributed by atoms with Crippen molar-refractivity contribution >= 4 is 47.0 Å². The normalized spacial score (nSPS) is 16.2. The van der Waals surface area contributed by atoms with Gasteiger partial charge in [-0.05, 0) is 0 Å². The maximum atomic E-state index is 11.9. The van der Waals surface area contributed by atoms with Crippen molar-refractivity contribution in [1.29, 1.82) is 0 Å². The predicted octanol–water partition coefficient (Wildman–Crippen LogP) is 0.241. The maximum absolute atomic E-state index is 11.9. The van der Waals surface area contributed by atoms with Gasteiger partial charge in [0.2, 0.25) is 11.4 Å². The molecule has 2 aromatic rings. The fourth-order valence-corrected chi connectivity index (χ4v) is 2.67. The number of aromatic nitrogens is 4. The van der Waals surface area contributed by atoms with E-state index in [2.05, 4.69) is 28.1 Å². The summed E-state index contributed by atoms with van der Waals surface area (Å²) < 4.78 is 25.9. The second kappa shape index (κ2) is 6.62. The van der Waals surface area contributed by atoms with Gasteiger partial charge in [0.15, 0.2) is 11.6 Å². The van der Waals surface area contributed by atoms with Crippen LogP contribution in [0.1, 0.15) is 21.0 Å². The van der Waals surface area contributed by atoms with Crippen molar-refractivity contribution in [1.82, 2.24) is 17.5 Å². The monoisotopic (exact) mass is 342 g/mol. The number of hydrogen-bond acceptors (Lipinski definition) is 12. The summed E-state index contributed by atoms with van der Waals surface area (Å²) in [7, 11) is 0. The highest BCUT2D eigenvalue weighted by molar-refractivity contribution is 6.99. The Labute approximate surface area is 132 Å². The maximum Gasteiger partial charge on any atom is 0.362 e. The average molecular weight is 342 g/mol. The van der Waals surface area contributed by atoms with Crippen LogP contribution in [0, 0.1) is 0 Å². The Bertz CT molecular complexity index is 628. The average Bonchev–Trinajstić information content (AvgIpc) is 3.15. The lowest BCUT2D eigenvalue weighted by Gasteiger charge is -2.09. The van der Waals surface area contributed by atoms with Gasteiger partial charge >= 0.3 is 11.9 Å². The van der Waals surface area contributed by atoms with E-state index in [9.17, 15) is 9.59 Å². The summed E-state index contributed by atoms with van der Waals surface area (Å²) in [4.78, 5) is 23.8. The zero-order valence-electron chi connectivity index (χ0n) is 11.1. The number of nitrogens with zero attached hydrogens (tertiary/aromatic N) is 4. The standard InChI is InChI=1S/C10H10N6O4S2/c17-9-6-8(16-22-14-6)12-2-4-20-10(18)5-7(15-21-13-5)11-1-3-19-9/h1-4H2,(H,11,15)(H,12,16). The third kappa shape index (κ3) is 3.12. The molecule has 1 aliphatic heterocycles. The summed E-state index contributed by atoms with van der Waals surface area (Å²) >= 11 is 1.79. The van der Waals surface area contributed by atoms with Gasteiger partial charge in [-0.1, -0.05) is 0 Å². The molecule has 0 aromatic carbocycles. The van der Waals surface area contributed by atoms with Gasteiger partial charge in [-0.25, -0.2) is 9.59 Å². The molecule has 12 heteroatoms. The first-order valence-corrected chi connectivity index (χ1v) is 7.69. The van der Waals surface area contributed by atoms with Crippen molar-refractivity contribution in [3.8, 4) is 0 Å². The van der Waals surface area contributed by atoms with Crippen LogP contribution in [0.15, 0.2) is 0 Å². The van der Waals surface area contributed by atoms with Gasteiger partial charge < -0.3 is 20.1 Å². The SMILES string of the molecule is O=C1OCCNc2nsnc2C(=O)OCCNc2nsnc21. The highest BCUT2D eigenvalue weighted by atomic mass is 32.1. The fraction of sp³-hybridized carbons (Fsp3) is 0.400. The number of anilines is 2. The Balaban J connectivity index is 1.75. The van der Waals surface area contributed by atoms with E-state index in [1.165, 1.54) is 0 Å². The number of fused-ring (bicyclic) bond motifs is 2. The molecule has 116 valence electrons. The quantitative estimate of drug-likeness (QED) is 0.642. The number of hydrogen-bond donors (Lipinski definition) is 2. The van der Waals surface area contributed by atoms with Gasteiger partial charge in [-0.2, -0.15) is 17.5 Å². The van der Waals surface area contributed by atoms with E-state index in [1.54, 1.807) is 0 Å². The molecule has 0 saturated heterocycles. The molecular formula is C10H10N6O4S2. The Hall–Kier alpha value is -2.34. The van der Waals surface area contributed by atoms with E-state index in [1.807, 2.05) is 0 Å². The molecule has 0 fully saturated rings. The Morgan fingerprint density at radius 1 is 0.773 bits per heavy atom. The third-order valence-electron chi connectivity index (χ3n) is 2.62. The summed E-state index contributed by atoms with van der Waals surface area (Å²) in [6.07, 6.45) is 0. The number of carbonyl (C=O) groups excluding carboxylic acids is 2. The van der Waals surface area contributed by atoms with Gasteiger partial charge in [0.05, 0.1) is 36.5 Å². The van der Waals surface area contributed by atoms with E-state index in [-0.39, 0.29) is 37.7 Å². The number of cyclic esters (lactones) is 2. The molecule has 22 heavy (non-hydrogen) atoms. The van der Waals surface area contributed by atoms with Crippen LogP contribution < -0.4 is 10.6 Å². The van der Waals surface area contributed by atoms with Gasteiger partial charge in [0.25, 0.3) is 0 Å². The van der Waals surface area contributed by atoms with Gasteiger partial charge in [-0.3, -0.25) is 0 Å². The molecule has 0 saturated carbocycles. The molecule has 0 amide bonds. The van der Waals surface area contributed by atoms with Gasteiger partial charge in [-0.15, -0.1) is 0 Å². The van der Waals surface area contributed by atoms with Crippen molar-refractivity contribution in [2.75, 3.05) is 36.9 Å². The summed E-state index contributed by atoms with van der Waals surface area (Å²) in [6, 6.07) is 0. The molecule has 0 spiro atoms. The molecule has 0 unspecified atom stereocenters. The van der Waals surface area contributed by atoms with E-state index >= 15 is 0 Å². The number of nitrogens with one attached hydrogen (secondary N) is 2. The lowest BCUT2D eigenvalue weighted by atomic mass is 10.4. The Morgan fingerprint density at radius 2 is 1.23 bits per heavy atom. The molecule has 0 atom stereocenters. The van der Waals surface area contributed by atoms with E-state index in [4.69, 9.17) is 9.47 Å². The van der Waals surface area contributed by atoms with Crippen LogP contribution in [-0.2, 0) is 9.47 Å². The first kappa shape index (κ1) is 14.6. The minimum atomic E-state index is -0.566. The molecule has 10 nitrogen and oxygen atoms in total. The first-order valence-electron chi connectivity index (χ1n) is 6.23. The Morgan fingerprint density at radius 3 is 1.68 bits per heavy atom. The summed E-state index contributed by atoms with van der Waals surface area (Å²) in [5.74, 6) is -0.508. The molecular weight excluding hydrogens is 332 g/mol. The number of ether oxygens (including phenoxy) is 2. The fourth-order valence-electron chi connectivity index (χ4n) is 1.64. The largest absolute Gasteiger partial charge is 0.459 e. The zero-order valence-corrected chi connectivity index (χ0v) is 12.7. The molecule has 0 bridgehead atoms. The smallest absolute Gasteiger partial charge is 0.362 e. The van der Waals surface area contributed by atoms with Crippen LogP contribution in [0.25, 0.3) is 0 Å². The van der Waals surface area contributed by atoms with Gasteiger partial charge in [0, 0.05) is 0 Å². The van der Waals surface area contributed by atoms with Crippen LogP contribution in [0.2, 0.25) is 0 Å². The highest BCUT2D eigenvalue weighted by Gasteiger charge is 2.21. The number of rotatable bonds is 0. The molecule has 0 radical (unpaired) electrons. The molecule has 2 N–H and O–H groups in total. The van der Waals surface area contributed by atoms with Crippen LogP contribution in [0.5, 0.6) is 0 Å². The van der Waals surface area contributed by atoms with Crippen molar-refractivity contribution in [3.05, 3.63) is 11.4 Å². The summed E-state index contributed by atoms with van der Waals surface area (Å²) in [5, 5.41) is 5.75. The van der Waals surface area contributed by atoms with Crippen molar-refractivity contribution in [2.24, 2.45) is 0 Å². The summed E-state index contributed by atoms with van der Waals surface area (Å²) in [5.41, 5.74) is 0.230. The molecule has 2 aromatic heterocycles. The first-order chi connectivity index (χ1) is 10.8. The second-order valence-electron chi connectivity index (χ2n) is 4.05. The number of esters is 2. The topological polar surface area (TPSA) is 128 Å². The Kier molecular flexibility index (Phi) is 4.39. The van der Waals surface area contributed by atoms with Crippen LogP contribution in [0.4, 0.5) is 11.6 Å². The predicted molar refractivity (Wildman–Crippen MR) is 77.4 cm³/mol. The molecule has 3 rings (SSSR count). The van der Waals surface area contributed by atoms with Crippen molar-refractivity contribution < 1.29 is 19.1 Å². The third-order valence-corrected chi connectivity index (χ3v) is 3.68. The van der Waals surface area contributed by atoms with E-state index in [0.717, 1.165) is 23.5 Å². The van der Waals surface area contributed by atoms with E-state index < -0.39 is 11.9 Å². The molecule has 0 aliphatic carbocycles. The van der Waals surface area contributed by atoms with Gasteiger partial charge in [0.1, 0.15) is 13.2 Å². The minimum absolute atomic E-state index is 0.0851. The molecule has 3 heterocycles. The van der Waals surface area contributed by atoms with Crippen molar-refractivity contribution in [3.63, 3.8) is 0 Å². The van der Waals surface area contributed by atoms with E-state index in [0.29, 0.717) is 11.6 Å². The number of carbonyl (C=O) groups is 2. The van der Waals surface area contributed by atoms with Crippen LogP contribution in [0.3, 0.4) is 0 Å². The summed E-state index contributed by atoms with van der Waals surface area (Å²) in [6.45, 7) is 0.721. The zero-order chi connectivity index (χ0) is 15.4. The lowest BCUT2D eigenvalue weighted by Crippen LogP contribution is -2.20. The van der Waals surface area contributed by atoms with Crippen LogP contribution >= 0.6 is 23.5 Å². The lowest BCUT2D eigenvalue weighted by molar-refractivity contribution is 0.0499. The minimum Gasteiger partial charge on any atom is -0.459 e. The molecule has 1 aliphatic rings. The second-order valence-corrected chi connectivity index (χ2v) is 5.11. The van der Waals surface area contributed by atoms with Crippen molar-refractivity contribution in [2.45, 2.75) is 0 Å².